The first kappa shape index (κ1) is 12.7. The molecule has 19 heavy (non-hydrogen) atoms. The van der Waals surface area contributed by atoms with Crippen molar-refractivity contribution in [2.75, 3.05) is 18.2 Å². The van der Waals surface area contributed by atoms with Crippen molar-refractivity contribution >= 4 is 23.0 Å². The molecule has 0 spiro atoms. The number of methoxy groups -OCH3 is 1. The molecule has 0 saturated carbocycles. The van der Waals surface area contributed by atoms with Gasteiger partial charge in [-0.3, -0.25) is 0 Å². The van der Waals surface area contributed by atoms with Gasteiger partial charge in [0, 0.05) is 11.8 Å². The molecule has 0 bridgehead atoms. The zero-order chi connectivity index (χ0) is 13.8. The Kier molecular flexibility index (Phi) is 3.51. The third-order valence-corrected chi connectivity index (χ3v) is 2.50. The highest BCUT2D eigenvalue weighted by molar-refractivity contribution is 5.96. The van der Waals surface area contributed by atoms with Crippen LogP contribution in [0.1, 0.15) is 10.4 Å². The van der Waals surface area contributed by atoms with Crippen molar-refractivity contribution in [3.8, 4) is 5.88 Å². The van der Waals surface area contributed by atoms with Gasteiger partial charge in [0.05, 0.1) is 30.2 Å². The van der Waals surface area contributed by atoms with Gasteiger partial charge in [0.1, 0.15) is 0 Å². The third-order valence-electron chi connectivity index (χ3n) is 2.50. The number of nitrogens with one attached hydrogen (secondary N) is 1. The van der Waals surface area contributed by atoms with Crippen molar-refractivity contribution in [1.82, 2.24) is 4.98 Å². The van der Waals surface area contributed by atoms with E-state index in [1.165, 1.54) is 13.2 Å². The van der Waals surface area contributed by atoms with E-state index >= 15 is 0 Å². The van der Waals surface area contributed by atoms with Crippen LogP contribution in [0.15, 0.2) is 36.5 Å². The summed E-state index contributed by atoms with van der Waals surface area (Å²) in [5.74, 6) is -0.541. The van der Waals surface area contributed by atoms with Gasteiger partial charge in [-0.1, -0.05) is 0 Å². The lowest BCUT2D eigenvalue weighted by molar-refractivity contribution is 0.0698. The Morgan fingerprint density at radius 2 is 2.16 bits per heavy atom. The van der Waals surface area contributed by atoms with Crippen molar-refractivity contribution in [1.29, 1.82) is 0 Å². The summed E-state index contributed by atoms with van der Waals surface area (Å²) in [6.45, 7) is 0. The average molecular weight is 259 g/mol. The second-order valence-corrected chi connectivity index (χ2v) is 3.82. The number of aromatic carboxylic acids is 1. The van der Waals surface area contributed by atoms with Gasteiger partial charge >= 0.3 is 5.97 Å². The van der Waals surface area contributed by atoms with Gasteiger partial charge in [0.2, 0.25) is 5.88 Å². The molecule has 98 valence electrons. The maximum atomic E-state index is 11.1. The summed E-state index contributed by atoms with van der Waals surface area (Å²) in [5, 5.41) is 12.1. The molecule has 0 radical (unpaired) electrons. The molecule has 0 unspecified atom stereocenters. The second kappa shape index (κ2) is 5.26. The number of aromatic nitrogens is 1. The summed E-state index contributed by atoms with van der Waals surface area (Å²) >= 11 is 0. The lowest BCUT2D eigenvalue weighted by Gasteiger charge is -2.10. The highest BCUT2D eigenvalue weighted by Gasteiger charge is 2.10. The molecule has 0 amide bonds. The fourth-order valence-electron chi connectivity index (χ4n) is 1.58. The maximum absolute atomic E-state index is 11.1. The lowest BCUT2D eigenvalue weighted by atomic mass is 10.1. The quantitative estimate of drug-likeness (QED) is 0.727. The number of benzene rings is 1. The number of rotatable bonds is 4. The second-order valence-electron chi connectivity index (χ2n) is 3.82. The van der Waals surface area contributed by atoms with Crippen LogP contribution in [0, 0.1) is 0 Å². The Balaban J connectivity index is 2.31. The summed E-state index contributed by atoms with van der Waals surface area (Å²) in [5.41, 5.74) is 7.35. The number of nitrogen functional groups attached to an aromatic ring is 1. The number of hydrogen-bond acceptors (Lipinski definition) is 5. The fourth-order valence-corrected chi connectivity index (χ4v) is 1.58. The van der Waals surface area contributed by atoms with Crippen LogP contribution in [0.4, 0.5) is 17.1 Å². The maximum Gasteiger partial charge on any atom is 0.337 e. The van der Waals surface area contributed by atoms with E-state index in [2.05, 4.69) is 10.3 Å². The van der Waals surface area contributed by atoms with Gasteiger partial charge in [0.15, 0.2) is 0 Å². The number of nitrogens with two attached hydrogens (primary N) is 1. The number of ether oxygens (including phenoxy) is 1. The first-order valence-corrected chi connectivity index (χ1v) is 5.50. The number of carboxylic acids is 1. The molecule has 2 rings (SSSR count). The number of hydrogen-bond donors (Lipinski definition) is 3. The molecule has 4 N–H and O–H groups in total. The van der Waals surface area contributed by atoms with Crippen LogP contribution in [-0.2, 0) is 0 Å². The van der Waals surface area contributed by atoms with Gasteiger partial charge in [-0.2, -0.15) is 0 Å². The van der Waals surface area contributed by atoms with E-state index in [9.17, 15) is 4.79 Å². The molecule has 0 saturated heterocycles. The topological polar surface area (TPSA) is 97.5 Å². The SMILES string of the molecule is COc1ccc(Nc2cc(N)ccc2C(=O)O)cn1. The molecule has 0 atom stereocenters. The Morgan fingerprint density at radius 3 is 2.74 bits per heavy atom. The third kappa shape index (κ3) is 2.92. The van der Waals surface area contributed by atoms with Gasteiger partial charge in [0.25, 0.3) is 0 Å². The van der Waals surface area contributed by atoms with E-state index in [1.807, 2.05) is 0 Å². The first-order chi connectivity index (χ1) is 9.10. The van der Waals surface area contributed by atoms with Crippen molar-refractivity contribution < 1.29 is 14.6 Å². The number of pyridine rings is 1. The summed E-state index contributed by atoms with van der Waals surface area (Å²) in [6.07, 6.45) is 1.55. The number of carbonyl (C=O) groups is 1. The van der Waals surface area contributed by atoms with E-state index in [-0.39, 0.29) is 5.56 Å². The van der Waals surface area contributed by atoms with Crippen molar-refractivity contribution in [3.63, 3.8) is 0 Å². The molecular weight excluding hydrogens is 246 g/mol. The van der Waals surface area contributed by atoms with E-state index in [0.717, 1.165) is 0 Å². The highest BCUT2D eigenvalue weighted by atomic mass is 16.5. The van der Waals surface area contributed by atoms with Crippen LogP contribution in [0.5, 0.6) is 5.88 Å². The zero-order valence-corrected chi connectivity index (χ0v) is 10.3. The molecule has 0 aliphatic heterocycles. The van der Waals surface area contributed by atoms with Crippen LogP contribution in [0.3, 0.4) is 0 Å². The average Bonchev–Trinajstić information content (AvgIpc) is 2.39. The van der Waals surface area contributed by atoms with Gasteiger partial charge in [-0.15, -0.1) is 0 Å². The largest absolute Gasteiger partial charge is 0.481 e. The Bertz CT molecular complexity index is 597. The van der Waals surface area contributed by atoms with E-state index in [1.54, 1.807) is 30.5 Å². The van der Waals surface area contributed by atoms with Crippen LogP contribution in [0.2, 0.25) is 0 Å². The fraction of sp³-hybridized carbons (Fsp3) is 0.0769. The molecule has 6 heteroatoms. The van der Waals surface area contributed by atoms with Gasteiger partial charge < -0.3 is 20.9 Å². The predicted molar refractivity (Wildman–Crippen MR) is 71.9 cm³/mol. The minimum absolute atomic E-state index is 0.144. The van der Waals surface area contributed by atoms with Crippen molar-refractivity contribution in [2.45, 2.75) is 0 Å². The van der Waals surface area contributed by atoms with Crippen molar-refractivity contribution in [2.24, 2.45) is 0 Å². The number of anilines is 3. The Morgan fingerprint density at radius 1 is 1.37 bits per heavy atom. The number of nitrogens with zero attached hydrogens (tertiary/aromatic N) is 1. The summed E-state index contributed by atoms with van der Waals surface area (Å²) in [4.78, 5) is 15.1. The first-order valence-electron chi connectivity index (χ1n) is 5.50. The molecule has 1 aromatic heterocycles. The molecule has 0 fully saturated rings. The zero-order valence-electron chi connectivity index (χ0n) is 10.3. The minimum Gasteiger partial charge on any atom is -0.481 e. The van der Waals surface area contributed by atoms with Crippen LogP contribution in [0.25, 0.3) is 0 Å². The van der Waals surface area contributed by atoms with Crippen LogP contribution >= 0.6 is 0 Å². The minimum atomic E-state index is -1.02. The molecule has 1 heterocycles. The predicted octanol–water partition coefficient (Wildman–Crippen LogP) is 2.11. The lowest BCUT2D eigenvalue weighted by Crippen LogP contribution is -2.03. The number of carboxylic acid groups (broad SMARTS) is 1. The summed E-state index contributed by atoms with van der Waals surface area (Å²) < 4.78 is 4.95. The van der Waals surface area contributed by atoms with Crippen molar-refractivity contribution in [3.05, 3.63) is 42.1 Å². The van der Waals surface area contributed by atoms with E-state index < -0.39 is 5.97 Å². The standard InChI is InChI=1S/C13H13N3O3/c1-19-12-5-3-9(7-15-12)16-11-6-8(14)2-4-10(11)13(17)18/h2-7,16H,14H2,1H3,(H,17,18). The van der Waals surface area contributed by atoms with E-state index in [4.69, 9.17) is 15.6 Å². The van der Waals surface area contributed by atoms with Gasteiger partial charge in [-0.25, -0.2) is 9.78 Å². The van der Waals surface area contributed by atoms with Crippen LogP contribution in [-0.4, -0.2) is 23.2 Å². The Labute approximate surface area is 109 Å². The van der Waals surface area contributed by atoms with E-state index in [0.29, 0.717) is 22.9 Å². The van der Waals surface area contributed by atoms with Gasteiger partial charge in [-0.05, 0) is 24.3 Å². The Hall–Kier alpha value is -2.76. The molecule has 1 aromatic carbocycles. The molecule has 0 aliphatic rings. The normalized spacial score (nSPS) is 9.95. The smallest absolute Gasteiger partial charge is 0.337 e. The summed E-state index contributed by atoms with van der Waals surface area (Å²) in [6, 6.07) is 7.97. The van der Waals surface area contributed by atoms with Crippen LogP contribution < -0.4 is 15.8 Å². The molecular formula is C13H13N3O3. The molecule has 6 nitrogen and oxygen atoms in total. The molecule has 0 aliphatic carbocycles. The monoisotopic (exact) mass is 259 g/mol. The summed E-state index contributed by atoms with van der Waals surface area (Å²) in [7, 11) is 1.52. The molecule has 2 aromatic rings. The highest BCUT2D eigenvalue weighted by Crippen LogP contribution is 2.24.